The van der Waals surface area contributed by atoms with Gasteiger partial charge in [-0.25, -0.2) is 0 Å². The van der Waals surface area contributed by atoms with Crippen molar-refractivity contribution in [2.24, 2.45) is 5.16 Å². The van der Waals surface area contributed by atoms with E-state index in [1.54, 1.807) is 0 Å². The van der Waals surface area contributed by atoms with Gasteiger partial charge in [0.2, 0.25) is 0 Å². The number of amides is 2. The molecule has 0 saturated heterocycles. The number of carbonyl (C=O) groups excluding carboxylic acids is 2. The van der Waals surface area contributed by atoms with Crippen LogP contribution in [0.3, 0.4) is 0 Å². The van der Waals surface area contributed by atoms with E-state index in [4.69, 9.17) is 4.84 Å². The molecule has 2 N–H and O–H groups in total. The van der Waals surface area contributed by atoms with Crippen LogP contribution in [-0.4, -0.2) is 24.6 Å². The van der Waals surface area contributed by atoms with Gasteiger partial charge in [0, 0.05) is 11.4 Å². The number of rotatable bonds is 11. The molecule has 0 spiro atoms. The summed E-state index contributed by atoms with van der Waals surface area (Å²) in [6.45, 7) is 1.86. The van der Waals surface area contributed by atoms with Crippen LogP contribution in [0.15, 0.2) is 84.0 Å². The monoisotopic (exact) mass is 443 g/mol. The lowest BCUT2D eigenvalue weighted by molar-refractivity contribution is -0.120. The van der Waals surface area contributed by atoms with E-state index in [0.717, 1.165) is 42.3 Å². The number of anilines is 2. The van der Waals surface area contributed by atoms with Gasteiger partial charge in [0.05, 0.1) is 0 Å². The third-order valence-corrected chi connectivity index (χ3v) is 5.01. The van der Waals surface area contributed by atoms with Gasteiger partial charge >= 0.3 is 0 Å². The zero-order valence-electron chi connectivity index (χ0n) is 18.8. The molecule has 0 aromatic heterocycles. The quantitative estimate of drug-likeness (QED) is 0.316. The fourth-order valence-corrected chi connectivity index (χ4v) is 3.29. The summed E-state index contributed by atoms with van der Waals surface area (Å²) in [4.78, 5) is 29.2. The van der Waals surface area contributed by atoms with Crippen molar-refractivity contribution in [3.63, 3.8) is 0 Å². The highest BCUT2D eigenvalue weighted by atomic mass is 16.6. The first-order chi connectivity index (χ1) is 16.1. The molecule has 170 valence electrons. The molecule has 3 aromatic carbocycles. The van der Waals surface area contributed by atoms with E-state index in [9.17, 15) is 9.59 Å². The highest BCUT2D eigenvalue weighted by Gasteiger charge is 2.08. The second-order valence-electron chi connectivity index (χ2n) is 7.67. The van der Waals surface area contributed by atoms with Crippen molar-refractivity contribution >= 4 is 29.4 Å². The molecule has 0 atom stereocenters. The standard InChI is InChI=1S/C27H29N3O3/c1-2-3-9-21-14-16-24(17-15-21)29-26(31)19-28-33-20-27(32)30-25-13-8-7-12-23(25)18-22-10-5-4-6-11-22/h4-8,10-17,19H,2-3,9,18,20H2,1H3,(H,29,31)(H,30,32). The first-order valence-electron chi connectivity index (χ1n) is 11.1. The summed E-state index contributed by atoms with van der Waals surface area (Å²) in [6.07, 6.45) is 5.03. The molecule has 0 heterocycles. The number of benzene rings is 3. The van der Waals surface area contributed by atoms with Crippen LogP contribution in [-0.2, 0) is 27.3 Å². The van der Waals surface area contributed by atoms with Crippen LogP contribution in [0.5, 0.6) is 0 Å². The lowest BCUT2D eigenvalue weighted by atomic mass is 10.0. The van der Waals surface area contributed by atoms with Crippen LogP contribution in [0.25, 0.3) is 0 Å². The molecule has 6 heteroatoms. The first kappa shape index (κ1) is 23.7. The molecule has 3 aromatic rings. The summed E-state index contributed by atoms with van der Waals surface area (Å²) in [5, 5.41) is 9.15. The number of hydrogen-bond acceptors (Lipinski definition) is 4. The SMILES string of the molecule is CCCCc1ccc(NC(=O)C=NOCC(=O)Nc2ccccc2Cc2ccccc2)cc1. The molecule has 3 rings (SSSR count). The lowest BCUT2D eigenvalue weighted by Crippen LogP contribution is -2.19. The number of nitrogens with one attached hydrogen (secondary N) is 2. The molecule has 0 aliphatic rings. The van der Waals surface area contributed by atoms with Crippen molar-refractivity contribution in [2.45, 2.75) is 32.6 Å². The summed E-state index contributed by atoms with van der Waals surface area (Å²) in [7, 11) is 0. The van der Waals surface area contributed by atoms with E-state index in [1.165, 1.54) is 5.56 Å². The van der Waals surface area contributed by atoms with Crippen LogP contribution < -0.4 is 10.6 Å². The minimum atomic E-state index is -0.426. The Kier molecular flexibility index (Phi) is 9.21. The van der Waals surface area contributed by atoms with E-state index in [1.807, 2.05) is 78.9 Å². The Balaban J connectivity index is 1.43. The van der Waals surface area contributed by atoms with E-state index < -0.39 is 5.91 Å². The Morgan fingerprint density at radius 2 is 1.61 bits per heavy atom. The fraction of sp³-hybridized carbons (Fsp3) is 0.222. The molecule has 0 aliphatic heterocycles. The zero-order valence-corrected chi connectivity index (χ0v) is 18.8. The van der Waals surface area contributed by atoms with Crippen molar-refractivity contribution in [2.75, 3.05) is 17.2 Å². The summed E-state index contributed by atoms with van der Waals surface area (Å²) >= 11 is 0. The number of unbranched alkanes of at least 4 members (excludes halogenated alkanes) is 1. The maximum Gasteiger partial charge on any atom is 0.270 e. The molecule has 33 heavy (non-hydrogen) atoms. The number of carbonyl (C=O) groups is 2. The molecule has 0 fully saturated rings. The van der Waals surface area contributed by atoms with Crippen molar-refractivity contribution in [3.05, 3.63) is 95.6 Å². The predicted octanol–water partition coefficient (Wildman–Crippen LogP) is 5.20. The normalized spacial score (nSPS) is 10.7. The summed E-state index contributed by atoms with van der Waals surface area (Å²) < 4.78 is 0. The average Bonchev–Trinajstić information content (AvgIpc) is 2.83. The maximum absolute atomic E-state index is 12.2. The second-order valence-corrected chi connectivity index (χ2v) is 7.67. The van der Waals surface area contributed by atoms with E-state index in [2.05, 4.69) is 22.7 Å². The summed E-state index contributed by atoms with van der Waals surface area (Å²) in [6, 6.07) is 25.4. The smallest absolute Gasteiger partial charge is 0.270 e. The molecule has 2 amide bonds. The minimum Gasteiger partial charge on any atom is -0.385 e. The van der Waals surface area contributed by atoms with Gasteiger partial charge in [-0.05, 0) is 54.2 Å². The number of oxime groups is 1. The lowest BCUT2D eigenvalue weighted by Gasteiger charge is -2.11. The van der Waals surface area contributed by atoms with Crippen molar-refractivity contribution < 1.29 is 14.4 Å². The van der Waals surface area contributed by atoms with Gasteiger partial charge in [0.15, 0.2) is 6.61 Å². The van der Waals surface area contributed by atoms with Gasteiger partial charge < -0.3 is 15.5 Å². The fourth-order valence-electron chi connectivity index (χ4n) is 3.29. The summed E-state index contributed by atoms with van der Waals surface area (Å²) in [5.74, 6) is -0.777. The molecule has 0 saturated carbocycles. The zero-order chi connectivity index (χ0) is 23.3. The van der Waals surface area contributed by atoms with Gasteiger partial charge in [-0.3, -0.25) is 9.59 Å². The number of nitrogens with zero attached hydrogens (tertiary/aromatic N) is 1. The van der Waals surface area contributed by atoms with Gasteiger partial charge in [-0.2, -0.15) is 0 Å². The third-order valence-electron chi connectivity index (χ3n) is 5.01. The topological polar surface area (TPSA) is 79.8 Å². The minimum absolute atomic E-state index is 0.296. The Labute approximate surface area is 194 Å². The highest BCUT2D eigenvalue weighted by Crippen LogP contribution is 2.19. The Hall–Kier alpha value is -3.93. The van der Waals surface area contributed by atoms with Crippen LogP contribution in [0.4, 0.5) is 11.4 Å². The Morgan fingerprint density at radius 3 is 2.36 bits per heavy atom. The van der Waals surface area contributed by atoms with E-state index in [0.29, 0.717) is 12.1 Å². The molecular weight excluding hydrogens is 414 g/mol. The third kappa shape index (κ3) is 8.26. The van der Waals surface area contributed by atoms with Gasteiger partial charge in [0.1, 0.15) is 6.21 Å². The van der Waals surface area contributed by atoms with Gasteiger partial charge in [-0.1, -0.05) is 79.2 Å². The van der Waals surface area contributed by atoms with Crippen LogP contribution in [0, 0.1) is 0 Å². The molecule has 0 bridgehead atoms. The van der Waals surface area contributed by atoms with Crippen LogP contribution >= 0.6 is 0 Å². The molecular formula is C27H29N3O3. The highest BCUT2D eigenvalue weighted by molar-refractivity contribution is 6.31. The first-order valence-corrected chi connectivity index (χ1v) is 11.1. The van der Waals surface area contributed by atoms with Crippen LogP contribution in [0.2, 0.25) is 0 Å². The maximum atomic E-state index is 12.2. The van der Waals surface area contributed by atoms with Crippen molar-refractivity contribution in [3.8, 4) is 0 Å². The molecule has 0 radical (unpaired) electrons. The van der Waals surface area contributed by atoms with E-state index >= 15 is 0 Å². The molecule has 0 unspecified atom stereocenters. The predicted molar refractivity (Wildman–Crippen MR) is 132 cm³/mol. The Bertz CT molecular complexity index is 1060. The molecule has 0 aliphatic carbocycles. The number of hydrogen-bond donors (Lipinski definition) is 2. The number of aryl methyl sites for hydroxylation is 1. The van der Waals surface area contributed by atoms with Gasteiger partial charge in [0.25, 0.3) is 11.8 Å². The van der Waals surface area contributed by atoms with E-state index in [-0.39, 0.29) is 12.5 Å². The van der Waals surface area contributed by atoms with Crippen LogP contribution in [0.1, 0.15) is 36.5 Å². The van der Waals surface area contributed by atoms with Crippen molar-refractivity contribution in [1.29, 1.82) is 0 Å². The molecule has 6 nitrogen and oxygen atoms in total. The number of para-hydroxylation sites is 1. The Morgan fingerprint density at radius 1 is 0.879 bits per heavy atom. The van der Waals surface area contributed by atoms with Gasteiger partial charge in [-0.15, -0.1) is 0 Å². The van der Waals surface area contributed by atoms with Crippen molar-refractivity contribution in [1.82, 2.24) is 0 Å². The average molecular weight is 444 g/mol. The summed E-state index contributed by atoms with van der Waals surface area (Å²) in [5.41, 5.74) is 4.80. The largest absolute Gasteiger partial charge is 0.385 e. The second kappa shape index (κ2) is 12.8.